The second-order valence-electron chi connectivity index (χ2n) is 5.00. The fourth-order valence-corrected chi connectivity index (χ4v) is 2.03. The summed E-state index contributed by atoms with van der Waals surface area (Å²) in [6, 6.07) is 10.5. The van der Waals surface area contributed by atoms with E-state index >= 15 is 0 Å². The third-order valence-corrected chi connectivity index (χ3v) is 3.25. The first-order valence-corrected chi connectivity index (χ1v) is 7.49. The number of benzene rings is 2. The van der Waals surface area contributed by atoms with E-state index in [0.717, 1.165) is 24.0 Å². The molecule has 0 spiro atoms. The number of hydrogen-bond donors (Lipinski definition) is 2. The molecule has 0 amide bonds. The van der Waals surface area contributed by atoms with Crippen molar-refractivity contribution in [2.45, 2.75) is 12.8 Å². The summed E-state index contributed by atoms with van der Waals surface area (Å²) in [5, 5.41) is 18.5. The summed E-state index contributed by atoms with van der Waals surface area (Å²) in [6.45, 7) is 7.26. The molecule has 2 aromatic rings. The van der Waals surface area contributed by atoms with Gasteiger partial charge in [-0.2, -0.15) is 0 Å². The minimum Gasteiger partial charge on any atom is -0.504 e. The first-order chi connectivity index (χ1) is 11.5. The zero-order chi connectivity index (χ0) is 17.9. The topological polar surface area (TPSA) is 58.9 Å². The van der Waals surface area contributed by atoms with Crippen molar-refractivity contribution in [3.8, 4) is 23.0 Å². The van der Waals surface area contributed by atoms with Gasteiger partial charge in [0.1, 0.15) is 0 Å². The number of allylic oxidation sites excluding steroid dienone is 2. The Morgan fingerprint density at radius 1 is 0.800 bits per heavy atom. The molecule has 0 aliphatic rings. The summed E-state index contributed by atoms with van der Waals surface area (Å²) in [4.78, 5) is 0. The number of hydrogen-bond acceptors (Lipinski definition) is 4. The molecule has 2 aromatic carbocycles. The van der Waals surface area contributed by atoms with E-state index in [4.69, 9.17) is 9.47 Å². The third kappa shape index (κ3) is 7.36. The molecule has 0 radical (unpaired) electrons. The van der Waals surface area contributed by atoms with Crippen LogP contribution >= 0.6 is 0 Å². The van der Waals surface area contributed by atoms with Crippen molar-refractivity contribution in [2.75, 3.05) is 14.2 Å². The van der Waals surface area contributed by atoms with E-state index in [2.05, 4.69) is 13.2 Å². The average Bonchev–Trinajstić information content (AvgIpc) is 2.59. The maximum absolute atomic E-state index is 9.25. The van der Waals surface area contributed by atoms with Crippen LogP contribution in [0, 0.1) is 0 Å². The van der Waals surface area contributed by atoms with E-state index in [9.17, 15) is 10.2 Å². The molecule has 0 aliphatic heterocycles. The fourth-order valence-electron chi connectivity index (χ4n) is 2.03. The van der Waals surface area contributed by atoms with E-state index in [1.807, 2.05) is 24.3 Å². The Labute approximate surface area is 159 Å². The monoisotopic (exact) mass is 386 g/mol. The van der Waals surface area contributed by atoms with Crippen LogP contribution in [0.1, 0.15) is 11.1 Å². The molecule has 0 saturated carbocycles. The molecule has 2 N–H and O–H groups in total. The number of ether oxygens (including phenoxy) is 2. The Morgan fingerprint density at radius 3 is 1.44 bits per heavy atom. The fraction of sp³-hybridized carbons (Fsp3) is 0.200. The standard InChI is InChI=1S/2C10H12O2.Ni/c2*1-3-4-8-5-6-9(11)10(7-8)12-2;/h2*3,5-7,11H,1,4H2,2H3;. The van der Waals surface area contributed by atoms with Crippen LogP contribution in [-0.4, -0.2) is 24.4 Å². The normalized spacial score (nSPS) is 9.04. The molecule has 0 unspecified atom stereocenters. The van der Waals surface area contributed by atoms with Crippen LogP contribution < -0.4 is 9.47 Å². The molecular weight excluding hydrogens is 363 g/mol. The van der Waals surface area contributed by atoms with Gasteiger partial charge in [-0.1, -0.05) is 24.3 Å². The Hall–Kier alpha value is -2.39. The molecule has 25 heavy (non-hydrogen) atoms. The molecule has 0 atom stereocenters. The predicted octanol–water partition coefficient (Wildman–Crippen LogP) is 4.26. The summed E-state index contributed by atoms with van der Waals surface area (Å²) in [7, 11) is 3.07. The second kappa shape index (κ2) is 12.0. The molecule has 2 rings (SSSR count). The zero-order valence-corrected chi connectivity index (χ0v) is 15.5. The maximum Gasteiger partial charge on any atom is 0.160 e. The molecule has 0 saturated heterocycles. The van der Waals surface area contributed by atoms with Crippen LogP contribution in [0.3, 0.4) is 0 Å². The number of rotatable bonds is 6. The Kier molecular flexibility index (Phi) is 10.9. The minimum absolute atomic E-state index is 0. The number of aromatic hydroxyl groups is 2. The summed E-state index contributed by atoms with van der Waals surface area (Å²) >= 11 is 0. The van der Waals surface area contributed by atoms with Crippen LogP contribution in [0.25, 0.3) is 0 Å². The summed E-state index contributed by atoms with van der Waals surface area (Å²) in [5.74, 6) is 1.36. The van der Waals surface area contributed by atoms with E-state index in [1.54, 1.807) is 24.3 Å². The zero-order valence-electron chi connectivity index (χ0n) is 14.5. The summed E-state index contributed by atoms with van der Waals surface area (Å²) in [5.41, 5.74) is 2.17. The first kappa shape index (κ1) is 22.6. The summed E-state index contributed by atoms with van der Waals surface area (Å²) < 4.78 is 9.90. The molecule has 0 heterocycles. The van der Waals surface area contributed by atoms with Gasteiger partial charge in [-0.3, -0.25) is 0 Å². The second-order valence-corrected chi connectivity index (χ2v) is 5.00. The molecular formula is C20H24NiO4. The first-order valence-electron chi connectivity index (χ1n) is 7.49. The van der Waals surface area contributed by atoms with Gasteiger partial charge in [-0.15, -0.1) is 13.2 Å². The van der Waals surface area contributed by atoms with Gasteiger partial charge in [0.25, 0.3) is 0 Å². The van der Waals surface area contributed by atoms with Crippen molar-refractivity contribution in [3.05, 3.63) is 72.8 Å². The van der Waals surface area contributed by atoms with Crippen LogP contribution in [0.2, 0.25) is 0 Å². The summed E-state index contributed by atoms with van der Waals surface area (Å²) in [6.07, 6.45) is 5.20. The number of phenolic OH excluding ortho intramolecular Hbond substituents is 2. The maximum atomic E-state index is 9.25. The average molecular weight is 387 g/mol. The smallest absolute Gasteiger partial charge is 0.160 e. The van der Waals surface area contributed by atoms with Gasteiger partial charge in [-0.05, 0) is 48.2 Å². The largest absolute Gasteiger partial charge is 0.504 e. The number of phenols is 2. The predicted molar refractivity (Wildman–Crippen MR) is 97.1 cm³/mol. The van der Waals surface area contributed by atoms with Crippen molar-refractivity contribution < 1.29 is 36.2 Å². The van der Waals surface area contributed by atoms with E-state index in [0.29, 0.717) is 11.5 Å². The van der Waals surface area contributed by atoms with Crippen LogP contribution in [0.4, 0.5) is 0 Å². The number of methoxy groups -OCH3 is 2. The van der Waals surface area contributed by atoms with Gasteiger partial charge >= 0.3 is 0 Å². The molecule has 5 heteroatoms. The van der Waals surface area contributed by atoms with Gasteiger partial charge < -0.3 is 19.7 Å². The van der Waals surface area contributed by atoms with Gasteiger partial charge in [-0.25, -0.2) is 0 Å². The molecule has 0 bridgehead atoms. The SMILES string of the molecule is C=CCc1ccc(O)c(OC)c1.C=CCc1ccc(O)c(OC)c1.[Ni]. The van der Waals surface area contributed by atoms with Crippen molar-refractivity contribution in [3.63, 3.8) is 0 Å². The van der Waals surface area contributed by atoms with E-state index in [1.165, 1.54) is 14.2 Å². The Balaban J connectivity index is 0.000000443. The quantitative estimate of drug-likeness (QED) is 0.575. The molecule has 4 nitrogen and oxygen atoms in total. The molecule has 0 aromatic heterocycles. The van der Waals surface area contributed by atoms with Crippen molar-refractivity contribution >= 4 is 0 Å². The molecule has 0 fully saturated rings. The van der Waals surface area contributed by atoms with Gasteiger partial charge in [0, 0.05) is 16.5 Å². The Bertz CT molecular complexity index is 624. The van der Waals surface area contributed by atoms with Crippen molar-refractivity contribution in [2.24, 2.45) is 0 Å². The van der Waals surface area contributed by atoms with E-state index < -0.39 is 0 Å². The van der Waals surface area contributed by atoms with Crippen molar-refractivity contribution in [1.82, 2.24) is 0 Å². The van der Waals surface area contributed by atoms with Gasteiger partial charge in [0.2, 0.25) is 0 Å². The molecule has 0 aliphatic carbocycles. The van der Waals surface area contributed by atoms with Crippen molar-refractivity contribution in [1.29, 1.82) is 0 Å². The minimum atomic E-state index is 0. The van der Waals surface area contributed by atoms with E-state index in [-0.39, 0.29) is 28.0 Å². The van der Waals surface area contributed by atoms with Gasteiger partial charge in [0.05, 0.1) is 14.2 Å². The van der Waals surface area contributed by atoms with Crippen LogP contribution in [-0.2, 0) is 29.3 Å². The van der Waals surface area contributed by atoms with Gasteiger partial charge in [0.15, 0.2) is 23.0 Å². The molecule has 138 valence electrons. The Morgan fingerprint density at radius 2 is 1.16 bits per heavy atom. The van der Waals surface area contributed by atoms with Crippen LogP contribution in [0.5, 0.6) is 23.0 Å². The third-order valence-electron chi connectivity index (χ3n) is 3.25. The van der Waals surface area contributed by atoms with Crippen LogP contribution in [0.15, 0.2) is 61.7 Å².